The molecule has 0 aliphatic carbocycles. The van der Waals surface area contributed by atoms with Gasteiger partial charge in [0.1, 0.15) is 5.75 Å². The number of piperidine rings is 1. The maximum Gasteiger partial charge on any atom is 0.251 e. The van der Waals surface area contributed by atoms with Gasteiger partial charge in [-0.1, -0.05) is 29.8 Å². The first-order valence-electron chi connectivity index (χ1n) is 9.52. The van der Waals surface area contributed by atoms with Gasteiger partial charge < -0.3 is 9.15 Å². The summed E-state index contributed by atoms with van der Waals surface area (Å²) >= 11 is 0. The number of para-hydroxylation sites is 1. The van der Waals surface area contributed by atoms with E-state index in [-0.39, 0.29) is 5.92 Å². The minimum Gasteiger partial charge on any atom is -0.496 e. The zero-order valence-electron chi connectivity index (χ0n) is 16.4. The summed E-state index contributed by atoms with van der Waals surface area (Å²) in [5, 5.41) is 8.37. The minimum absolute atomic E-state index is 0.0374. The Morgan fingerprint density at radius 1 is 1.03 bits per heavy atom. The van der Waals surface area contributed by atoms with Gasteiger partial charge in [-0.05, 0) is 44.0 Å². The summed E-state index contributed by atoms with van der Waals surface area (Å²) in [4.78, 5) is 0.331. The van der Waals surface area contributed by atoms with Crippen LogP contribution < -0.4 is 4.74 Å². The lowest BCUT2D eigenvalue weighted by molar-refractivity contribution is 0.291. The summed E-state index contributed by atoms with van der Waals surface area (Å²) in [5.74, 6) is 1.66. The number of sulfonamides is 1. The van der Waals surface area contributed by atoms with Crippen molar-refractivity contribution in [3.8, 4) is 17.2 Å². The predicted octanol–water partition coefficient (Wildman–Crippen LogP) is 3.62. The van der Waals surface area contributed by atoms with E-state index in [2.05, 4.69) is 10.2 Å². The molecule has 1 aliphatic heterocycles. The molecule has 4 rings (SSSR count). The number of benzene rings is 2. The lowest BCUT2D eigenvalue weighted by atomic mass is 9.98. The Hall–Kier alpha value is -2.71. The van der Waals surface area contributed by atoms with Crippen molar-refractivity contribution in [1.82, 2.24) is 14.5 Å². The van der Waals surface area contributed by atoms with E-state index in [4.69, 9.17) is 9.15 Å². The van der Waals surface area contributed by atoms with Crippen molar-refractivity contribution in [2.45, 2.75) is 30.6 Å². The molecule has 0 saturated carbocycles. The first-order valence-corrected chi connectivity index (χ1v) is 11.0. The predicted molar refractivity (Wildman–Crippen MR) is 108 cm³/mol. The summed E-state index contributed by atoms with van der Waals surface area (Å²) in [6, 6.07) is 14.4. The summed E-state index contributed by atoms with van der Waals surface area (Å²) in [6.07, 6.45) is 1.28. The molecule has 0 bridgehead atoms. The molecule has 0 atom stereocenters. The van der Waals surface area contributed by atoms with Gasteiger partial charge in [-0.2, -0.15) is 4.31 Å². The number of nitrogens with zero attached hydrogens (tertiary/aromatic N) is 3. The molecular formula is C21H23N3O4S. The van der Waals surface area contributed by atoms with Crippen molar-refractivity contribution in [2.75, 3.05) is 20.2 Å². The molecule has 7 nitrogen and oxygen atoms in total. The van der Waals surface area contributed by atoms with E-state index >= 15 is 0 Å². The van der Waals surface area contributed by atoms with Crippen LogP contribution in [-0.2, 0) is 10.0 Å². The topological polar surface area (TPSA) is 85.5 Å². The molecule has 1 aromatic heterocycles. The quantitative estimate of drug-likeness (QED) is 0.635. The monoisotopic (exact) mass is 413 g/mol. The summed E-state index contributed by atoms with van der Waals surface area (Å²) < 4.78 is 38.5. The highest BCUT2D eigenvalue weighted by molar-refractivity contribution is 7.89. The molecule has 3 aromatic rings. The zero-order valence-corrected chi connectivity index (χ0v) is 17.2. The van der Waals surface area contributed by atoms with Gasteiger partial charge in [-0.3, -0.25) is 0 Å². The SMILES string of the molecule is COc1ccccc1-c1nnc(C2CCN(S(=O)(=O)c3ccc(C)cc3)CC2)o1. The number of methoxy groups -OCH3 is 1. The Morgan fingerprint density at radius 3 is 2.41 bits per heavy atom. The summed E-state index contributed by atoms with van der Waals surface area (Å²) in [6.45, 7) is 2.78. The largest absolute Gasteiger partial charge is 0.496 e. The average molecular weight is 413 g/mol. The second kappa shape index (κ2) is 7.96. The van der Waals surface area contributed by atoms with E-state index in [0.717, 1.165) is 11.1 Å². The Kier molecular flexibility index (Phi) is 5.38. The second-order valence-corrected chi connectivity index (χ2v) is 9.08. The van der Waals surface area contributed by atoms with E-state index in [1.54, 1.807) is 19.2 Å². The first-order chi connectivity index (χ1) is 14.0. The number of rotatable bonds is 5. The third-order valence-corrected chi connectivity index (χ3v) is 7.15. The molecule has 2 heterocycles. The molecule has 0 spiro atoms. The molecule has 0 radical (unpaired) electrons. The molecule has 152 valence electrons. The molecule has 0 N–H and O–H groups in total. The van der Waals surface area contributed by atoms with Gasteiger partial charge in [0.15, 0.2) is 0 Å². The third kappa shape index (κ3) is 3.90. The number of hydrogen-bond acceptors (Lipinski definition) is 6. The molecule has 29 heavy (non-hydrogen) atoms. The average Bonchev–Trinajstić information content (AvgIpc) is 3.24. The first kappa shape index (κ1) is 19.6. The lowest BCUT2D eigenvalue weighted by Crippen LogP contribution is -2.37. The Balaban J connectivity index is 1.46. The van der Waals surface area contributed by atoms with Crippen LogP contribution in [0.15, 0.2) is 57.8 Å². The summed E-state index contributed by atoms with van der Waals surface area (Å²) in [7, 11) is -1.88. The number of aryl methyl sites for hydroxylation is 1. The van der Waals surface area contributed by atoms with Crippen molar-refractivity contribution in [2.24, 2.45) is 0 Å². The van der Waals surface area contributed by atoms with Crippen molar-refractivity contribution in [3.05, 3.63) is 60.0 Å². The van der Waals surface area contributed by atoms with Crippen LogP contribution >= 0.6 is 0 Å². The van der Waals surface area contributed by atoms with Gasteiger partial charge in [0, 0.05) is 19.0 Å². The number of aromatic nitrogens is 2. The normalized spacial score (nSPS) is 16.1. The number of ether oxygens (including phenoxy) is 1. The number of hydrogen-bond donors (Lipinski definition) is 0. The van der Waals surface area contributed by atoms with Crippen LogP contribution in [0.3, 0.4) is 0 Å². The van der Waals surface area contributed by atoms with Gasteiger partial charge in [0.05, 0.1) is 17.6 Å². The molecule has 8 heteroatoms. The standard InChI is InChI=1S/C21H23N3O4S/c1-15-7-9-17(10-8-15)29(25,26)24-13-11-16(12-14-24)20-22-23-21(28-20)18-5-3-4-6-19(18)27-2/h3-10,16H,11-14H2,1-2H3. The van der Waals surface area contributed by atoms with Crippen LogP contribution in [0.4, 0.5) is 0 Å². The van der Waals surface area contributed by atoms with Crippen LogP contribution in [-0.4, -0.2) is 43.1 Å². The highest BCUT2D eigenvalue weighted by Gasteiger charge is 2.32. The van der Waals surface area contributed by atoms with Gasteiger partial charge in [0.25, 0.3) is 5.89 Å². The molecule has 1 fully saturated rings. The maximum absolute atomic E-state index is 12.9. The van der Waals surface area contributed by atoms with Crippen molar-refractivity contribution in [1.29, 1.82) is 0 Å². The van der Waals surface area contributed by atoms with Gasteiger partial charge in [-0.25, -0.2) is 8.42 Å². The third-order valence-electron chi connectivity index (χ3n) is 5.24. The summed E-state index contributed by atoms with van der Waals surface area (Å²) in [5.41, 5.74) is 1.78. The van der Waals surface area contributed by atoms with Crippen LogP contribution in [0.2, 0.25) is 0 Å². The Morgan fingerprint density at radius 2 is 1.72 bits per heavy atom. The smallest absolute Gasteiger partial charge is 0.251 e. The molecule has 0 unspecified atom stereocenters. The fraction of sp³-hybridized carbons (Fsp3) is 0.333. The van der Waals surface area contributed by atoms with Gasteiger partial charge in [0.2, 0.25) is 15.9 Å². The molecule has 2 aromatic carbocycles. The van der Waals surface area contributed by atoms with Crippen molar-refractivity contribution >= 4 is 10.0 Å². The van der Waals surface area contributed by atoms with E-state index < -0.39 is 10.0 Å². The van der Waals surface area contributed by atoms with Crippen LogP contribution in [0.25, 0.3) is 11.5 Å². The fourth-order valence-electron chi connectivity index (χ4n) is 3.53. The van der Waals surface area contributed by atoms with Crippen LogP contribution in [0.5, 0.6) is 5.75 Å². The molecule has 1 saturated heterocycles. The zero-order chi connectivity index (χ0) is 20.4. The van der Waals surface area contributed by atoms with E-state index in [0.29, 0.717) is 48.4 Å². The Labute approximate surface area is 170 Å². The maximum atomic E-state index is 12.9. The fourth-order valence-corrected chi connectivity index (χ4v) is 5.00. The second-order valence-electron chi connectivity index (χ2n) is 7.14. The molecule has 1 aliphatic rings. The lowest BCUT2D eigenvalue weighted by Gasteiger charge is -2.29. The van der Waals surface area contributed by atoms with Crippen LogP contribution in [0, 0.1) is 6.92 Å². The highest BCUT2D eigenvalue weighted by Crippen LogP contribution is 2.33. The van der Waals surface area contributed by atoms with Crippen molar-refractivity contribution < 1.29 is 17.6 Å². The van der Waals surface area contributed by atoms with Gasteiger partial charge >= 0.3 is 0 Å². The Bertz CT molecular complexity index is 1090. The molecular weight excluding hydrogens is 390 g/mol. The van der Waals surface area contributed by atoms with Crippen LogP contribution in [0.1, 0.15) is 30.2 Å². The molecule has 0 amide bonds. The minimum atomic E-state index is -3.48. The van der Waals surface area contributed by atoms with Gasteiger partial charge in [-0.15, -0.1) is 10.2 Å². The van der Waals surface area contributed by atoms with E-state index in [1.807, 2.05) is 43.3 Å². The van der Waals surface area contributed by atoms with E-state index in [9.17, 15) is 8.42 Å². The van der Waals surface area contributed by atoms with E-state index in [1.165, 1.54) is 4.31 Å². The highest BCUT2D eigenvalue weighted by atomic mass is 32.2. The van der Waals surface area contributed by atoms with Crippen molar-refractivity contribution in [3.63, 3.8) is 0 Å².